The quantitative estimate of drug-likeness (QED) is 0.429. The highest BCUT2D eigenvalue weighted by molar-refractivity contribution is 6.35. The molecule has 0 spiro atoms. The zero-order valence-corrected chi connectivity index (χ0v) is 15.7. The van der Waals surface area contributed by atoms with Crippen molar-refractivity contribution in [3.63, 3.8) is 0 Å². The van der Waals surface area contributed by atoms with Crippen LogP contribution in [0.4, 0.5) is 5.69 Å². The molecule has 0 unspecified atom stereocenters. The topological polar surface area (TPSA) is 87.0 Å². The van der Waals surface area contributed by atoms with Gasteiger partial charge in [-0.05, 0) is 31.2 Å². The van der Waals surface area contributed by atoms with Gasteiger partial charge in [0.2, 0.25) is 0 Å². The molecule has 0 aromatic heterocycles. The molecule has 8 nitrogen and oxygen atoms in total. The summed E-state index contributed by atoms with van der Waals surface area (Å²) < 4.78 is 0. The summed E-state index contributed by atoms with van der Waals surface area (Å²) in [6.45, 7) is 5.37. The Labute approximate surface area is 158 Å². The summed E-state index contributed by atoms with van der Waals surface area (Å²) in [6, 6.07) is 5.85. The van der Waals surface area contributed by atoms with Gasteiger partial charge in [0.1, 0.15) is 5.70 Å². The van der Waals surface area contributed by atoms with E-state index in [1.807, 2.05) is 18.9 Å². The molecule has 27 heavy (non-hydrogen) atoms. The summed E-state index contributed by atoms with van der Waals surface area (Å²) in [5, 5.41) is 10.9. The standard InChI is InChI=1S/C19H24N4O4/c1-3-4-9-22-18(24)16(14-5-7-15(8-6-14)23(26)27)17(19(22)25)21-12-10-20(2)11-13-21/h5-8H,3-4,9-13H2,1-2H3. The first-order valence-electron chi connectivity index (χ1n) is 9.22. The number of piperazine rings is 1. The van der Waals surface area contributed by atoms with Crippen LogP contribution in [0.3, 0.4) is 0 Å². The smallest absolute Gasteiger partial charge is 0.277 e. The number of imide groups is 1. The monoisotopic (exact) mass is 372 g/mol. The minimum atomic E-state index is -0.477. The van der Waals surface area contributed by atoms with Gasteiger partial charge < -0.3 is 9.80 Å². The van der Waals surface area contributed by atoms with E-state index >= 15 is 0 Å². The Balaban J connectivity index is 2.00. The number of nitro benzene ring substituents is 1. The van der Waals surface area contributed by atoms with E-state index in [1.54, 1.807) is 12.1 Å². The predicted molar refractivity (Wildman–Crippen MR) is 101 cm³/mol. The second-order valence-corrected chi connectivity index (χ2v) is 6.93. The molecule has 8 heteroatoms. The SMILES string of the molecule is CCCCN1C(=O)C(c2ccc([N+](=O)[O-])cc2)=C(N2CCN(C)CC2)C1=O. The van der Waals surface area contributed by atoms with Crippen LogP contribution in [0.5, 0.6) is 0 Å². The van der Waals surface area contributed by atoms with E-state index in [2.05, 4.69) is 4.90 Å². The van der Waals surface area contributed by atoms with Crippen LogP contribution in [-0.4, -0.2) is 71.2 Å². The fourth-order valence-corrected chi connectivity index (χ4v) is 3.42. The maximum atomic E-state index is 13.0. The molecule has 2 amide bonds. The highest BCUT2D eigenvalue weighted by Crippen LogP contribution is 2.33. The Morgan fingerprint density at radius 3 is 2.22 bits per heavy atom. The van der Waals surface area contributed by atoms with Crippen molar-refractivity contribution in [3.8, 4) is 0 Å². The number of likely N-dealkylation sites (N-methyl/N-ethyl adjacent to an activating group) is 1. The van der Waals surface area contributed by atoms with Crippen molar-refractivity contribution in [2.24, 2.45) is 0 Å². The number of amides is 2. The third-order valence-electron chi connectivity index (χ3n) is 5.07. The third kappa shape index (κ3) is 3.71. The first-order valence-corrected chi connectivity index (χ1v) is 9.22. The molecule has 3 rings (SSSR count). The van der Waals surface area contributed by atoms with Crippen LogP contribution in [0, 0.1) is 10.1 Å². The molecule has 144 valence electrons. The zero-order valence-electron chi connectivity index (χ0n) is 15.7. The average molecular weight is 372 g/mol. The lowest BCUT2D eigenvalue weighted by Crippen LogP contribution is -2.46. The Hall–Kier alpha value is -2.74. The summed E-state index contributed by atoms with van der Waals surface area (Å²) >= 11 is 0. The number of non-ortho nitro benzene ring substituents is 1. The Kier molecular flexibility index (Phi) is 5.55. The van der Waals surface area contributed by atoms with Crippen molar-refractivity contribution in [3.05, 3.63) is 45.6 Å². The number of benzene rings is 1. The van der Waals surface area contributed by atoms with Crippen LogP contribution in [0.1, 0.15) is 25.3 Å². The number of rotatable bonds is 6. The second kappa shape index (κ2) is 7.87. The molecule has 0 N–H and O–H groups in total. The average Bonchev–Trinajstić information content (AvgIpc) is 2.91. The van der Waals surface area contributed by atoms with Crippen molar-refractivity contribution >= 4 is 23.1 Å². The molecular weight excluding hydrogens is 348 g/mol. The summed E-state index contributed by atoms with van der Waals surface area (Å²) in [5.74, 6) is -0.567. The molecule has 1 aromatic rings. The zero-order chi connectivity index (χ0) is 19.6. The van der Waals surface area contributed by atoms with E-state index in [-0.39, 0.29) is 17.5 Å². The molecule has 0 radical (unpaired) electrons. The lowest BCUT2D eigenvalue weighted by Gasteiger charge is -2.34. The summed E-state index contributed by atoms with van der Waals surface area (Å²) in [7, 11) is 2.03. The van der Waals surface area contributed by atoms with Crippen LogP contribution >= 0.6 is 0 Å². The van der Waals surface area contributed by atoms with E-state index in [9.17, 15) is 19.7 Å². The van der Waals surface area contributed by atoms with E-state index in [4.69, 9.17) is 0 Å². The van der Waals surface area contributed by atoms with Crippen molar-refractivity contribution in [1.82, 2.24) is 14.7 Å². The summed E-state index contributed by atoms with van der Waals surface area (Å²) in [5.41, 5.74) is 1.29. The van der Waals surface area contributed by atoms with Crippen molar-refractivity contribution in [2.45, 2.75) is 19.8 Å². The minimum Gasteiger partial charge on any atom is -0.364 e. The molecule has 1 fully saturated rings. The maximum absolute atomic E-state index is 13.0. The Morgan fingerprint density at radius 1 is 1.04 bits per heavy atom. The van der Waals surface area contributed by atoms with Crippen LogP contribution in [-0.2, 0) is 9.59 Å². The maximum Gasteiger partial charge on any atom is 0.277 e. The van der Waals surface area contributed by atoms with Gasteiger partial charge in [-0.15, -0.1) is 0 Å². The fraction of sp³-hybridized carbons (Fsp3) is 0.474. The molecule has 1 saturated heterocycles. The summed E-state index contributed by atoms with van der Waals surface area (Å²) in [4.78, 5) is 42.0. The van der Waals surface area contributed by atoms with Crippen molar-refractivity contribution in [2.75, 3.05) is 39.8 Å². The fourth-order valence-electron chi connectivity index (χ4n) is 3.42. The van der Waals surface area contributed by atoms with E-state index in [0.717, 1.165) is 25.9 Å². The lowest BCUT2D eigenvalue weighted by molar-refractivity contribution is -0.384. The lowest BCUT2D eigenvalue weighted by atomic mass is 10.0. The van der Waals surface area contributed by atoms with Gasteiger partial charge >= 0.3 is 0 Å². The number of hydrogen-bond donors (Lipinski definition) is 0. The third-order valence-corrected chi connectivity index (χ3v) is 5.07. The van der Waals surface area contributed by atoms with Crippen LogP contribution in [0.15, 0.2) is 30.0 Å². The second-order valence-electron chi connectivity index (χ2n) is 6.93. The molecule has 0 saturated carbocycles. The van der Waals surface area contributed by atoms with Gasteiger partial charge in [-0.25, -0.2) is 0 Å². The van der Waals surface area contributed by atoms with Gasteiger partial charge in [0, 0.05) is 44.9 Å². The normalized spacial score (nSPS) is 18.6. The van der Waals surface area contributed by atoms with Gasteiger partial charge in [0.05, 0.1) is 10.5 Å². The molecule has 0 bridgehead atoms. The molecule has 0 aliphatic carbocycles. The number of hydrogen-bond acceptors (Lipinski definition) is 6. The predicted octanol–water partition coefficient (Wildman–Crippen LogP) is 1.72. The van der Waals surface area contributed by atoms with Crippen LogP contribution in [0.25, 0.3) is 5.57 Å². The van der Waals surface area contributed by atoms with Crippen molar-refractivity contribution in [1.29, 1.82) is 0 Å². The molecule has 0 atom stereocenters. The number of nitro groups is 1. The summed E-state index contributed by atoms with van der Waals surface area (Å²) in [6.07, 6.45) is 1.63. The first-order chi connectivity index (χ1) is 12.9. The Morgan fingerprint density at radius 2 is 1.67 bits per heavy atom. The van der Waals surface area contributed by atoms with Gasteiger partial charge in [-0.2, -0.15) is 0 Å². The molecular formula is C19H24N4O4. The van der Waals surface area contributed by atoms with E-state index < -0.39 is 4.92 Å². The van der Waals surface area contributed by atoms with E-state index in [1.165, 1.54) is 17.0 Å². The van der Waals surface area contributed by atoms with E-state index in [0.29, 0.717) is 36.5 Å². The highest BCUT2D eigenvalue weighted by atomic mass is 16.6. The number of nitrogens with zero attached hydrogens (tertiary/aromatic N) is 4. The Bertz CT molecular complexity index is 779. The molecule has 2 heterocycles. The van der Waals surface area contributed by atoms with Gasteiger partial charge in [0.25, 0.3) is 17.5 Å². The molecule has 2 aliphatic rings. The largest absolute Gasteiger partial charge is 0.364 e. The number of carbonyl (C=O) groups excluding carboxylic acids is 2. The van der Waals surface area contributed by atoms with Gasteiger partial charge in [-0.1, -0.05) is 13.3 Å². The molecule has 1 aromatic carbocycles. The number of carbonyl (C=O) groups is 2. The van der Waals surface area contributed by atoms with Gasteiger partial charge in [0.15, 0.2) is 0 Å². The number of unbranched alkanes of at least 4 members (excludes halogenated alkanes) is 1. The first kappa shape index (κ1) is 19.0. The minimum absolute atomic E-state index is 0.0416. The molecule has 2 aliphatic heterocycles. The van der Waals surface area contributed by atoms with Crippen LogP contribution in [0.2, 0.25) is 0 Å². The van der Waals surface area contributed by atoms with Gasteiger partial charge in [-0.3, -0.25) is 24.6 Å². The van der Waals surface area contributed by atoms with Crippen LogP contribution < -0.4 is 0 Å². The van der Waals surface area contributed by atoms with Crippen molar-refractivity contribution < 1.29 is 14.5 Å². The highest BCUT2D eigenvalue weighted by Gasteiger charge is 2.41.